The molecule has 1 rings (SSSR count). The van der Waals surface area contributed by atoms with Gasteiger partial charge in [0.15, 0.2) is 5.79 Å². The van der Waals surface area contributed by atoms with E-state index in [1.165, 1.54) is 5.57 Å². The molecule has 0 heterocycles. The lowest BCUT2D eigenvalue weighted by molar-refractivity contribution is -0.223. The topological polar surface area (TPSA) is 18.5 Å². The maximum atomic E-state index is 5.60. The molecular formula is C14H30O2. The number of hydrogen-bond acceptors (Lipinski definition) is 2. The van der Waals surface area contributed by atoms with Gasteiger partial charge in [0.25, 0.3) is 0 Å². The van der Waals surface area contributed by atoms with E-state index in [0.717, 1.165) is 25.9 Å². The first-order valence-corrected chi connectivity index (χ1v) is 6.57. The van der Waals surface area contributed by atoms with Crippen LogP contribution in [-0.4, -0.2) is 19.5 Å². The molecule has 0 amide bonds. The fourth-order valence-electron chi connectivity index (χ4n) is 1.56. The van der Waals surface area contributed by atoms with Crippen molar-refractivity contribution in [2.75, 3.05) is 13.7 Å². The van der Waals surface area contributed by atoms with Crippen LogP contribution in [0.3, 0.4) is 0 Å². The molecule has 1 atom stereocenters. The Morgan fingerprint density at radius 2 is 1.81 bits per heavy atom. The maximum Gasteiger partial charge on any atom is 0.171 e. The van der Waals surface area contributed by atoms with Gasteiger partial charge in [-0.05, 0) is 20.3 Å². The zero-order chi connectivity index (χ0) is 13.0. The van der Waals surface area contributed by atoms with Crippen molar-refractivity contribution in [1.29, 1.82) is 0 Å². The summed E-state index contributed by atoms with van der Waals surface area (Å²) in [7, 11) is 1.73. The number of ether oxygens (including phenoxy) is 2. The molecule has 2 nitrogen and oxygen atoms in total. The van der Waals surface area contributed by atoms with Gasteiger partial charge in [0, 0.05) is 26.6 Å². The third-order valence-corrected chi connectivity index (χ3v) is 2.44. The molecule has 0 aromatic heterocycles. The molecule has 0 bridgehead atoms. The van der Waals surface area contributed by atoms with Crippen LogP contribution in [0, 0.1) is 0 Å². The normalized spacial score (nSPS) is 23.3. The van der Waals surface area contributed by atoms with Gasteiger partial charge in [-0.15, -0.1) is 0 Å². The lowest BCUT2D eigenvalue weighted by atomic mass is 9.95. The van der Waals surface area contributed by atoms with Crippen molar-refractivity contribution in [2.24, 2.45) is 0 Å². The van der Waals surface area contributed by atoms with Crippen molar-refractivity contribution in [2.45, 2.75) is 66.6 Å². The fraction of sp³-hybridized carbons (Fsp3) is 0.857. The molecule has 0 radical (unpaired) electrons. The van der Waals surface area contributed by atoms with Gasteiger partial charge in [-0.25, -0.2) is 0 Å². The summed E-state index contributed by atoms with van der Waals surface area (Å²) in [4.78, 5) is 0. The molecule has 1 unspecified atom stereocenters. The Bertz CT molecular complexity index is 176. The highest BCUT2D eigenvalue weighted by atomic mass is 16.7. The Morgan fingerprint density at radius 3 is 2.12 bits per heavy atom. The number of rotatable bonds is 3. The van der Waals surface area contributed by atoms with Gasteiger partial charge < -0.3 is 9.47 Å². The Morgan fingerprint density at radius 1 is 1.25 bits per heavy atom. The van der Waals surface area contributed by atoms with Crippen molar-refractivity contribution < 1.29 is 9.47 Å². The standard InChI is InChI=1S/C10H18O2.2C2H6/c1-4-12-10(11-3)7-5-9(2)6-8-10;2*1-2/h5H,4,6-8H2,1-3H3;2*1-2H3. The zero-order valence-corrected chi connectivity index (χ0v) is 12.2. The first-order chi connectivity index (χ1) is 7.72. The summed E-state index contributed by atoms with van der Waals surface area (Å²) in [6.45, 7) is 12.9. The first-order valence-electron chi connectivity index (χ1n) is 6.57. The highest BCUT2D eigenvalue weighted by Gasteiger charge is 2.31. The molecule has 0 fully saturated rings. The van der Waals surface area contributed by atoms with Gasteiger partial charge in [-0.2, -0.15) is 0 Å². The van der Waals surface area contributed by atoms with Crippen LogP contribution in [0.5, 0.6) is 0 Å². The molecular weight excluding hydrogens is 200 g/mol. The molecule has 0 aromatic carbocycles. The Labute approximate surface area is 102 Å². The SMILES string of the molecule is CC.CC.CCOC1(OC)CC=C(C)CC1. The van der Waals surface area contributed by atoms with E-state index >= 15 is 0 Å². The van der Waals surface area contributed by atoms with E-state index < -0.39 is 0 Å². The van der Waals surface area contributed by atoms with Gasteiger partial charge in [-0.1, -0.05) is 39.3 Å². The van der Waals surface area contributed by atoms with Gasteiger partial charge in [-0.3, -0.25) is 0 Å². The molecule has 1 aliphatic carbocycles. The van der Waals surface area contributed by atoms with Gasteiger partial charge in [0.2, 0.25) is 0 Å². The lowest BCUT2D eigenvalue weighted by Crippen LogP contribution is -2.36. The summed E-state index contributed by atoms with van der Waals surface area (Å²) in [6.07, 6.45) is 5.18. The summed E-state index contributed by atoms with van der Waals surface area (Å²) in [5, 5.41) is 0. The summed E-state index contributed by atoms with van der Waals surface area (Å²) in [6, 6.07) is 0. The molecule has 2 heteroatoms. The average molecular weight is 230 g/mol. The van der Waals surface area contributed by atoms with Crippen LogP contribution in [0.1, 0.15) is 60.8 Å². The van der Waals surface area contributed by atoms with E-state index in [0.29, 0.717) is 0 Å². The van der Waals surface area contributed by atoms with E-state index in [4.69, 9.17) is 9.47 Å². The Kier molecular flexibility index (Phi) is 12.6. The molecule has 0 aromatic rings. The minimum Gasteiger partial charge on any atom is -0.353 e. The summed E-state index contributed by atoms with van der Waals surface area (Å²) in [5.41, 5.74) is 1.45. The largest absolute Gasteiger partial charge is 0.353 e. The highest BCUT2D eigenvalue weighted by molar-refractivity contribution is 5.05. The first kappa shape index (κ1) is 18.0. The minimum absolute atomic E-state index is 0.325. The average Bonchev–Trinajstić information content (AvgIpc) is 2.38. The van der Waals surface area contributed by atoms with Crippen LogP contribution in [-0.2, 0) is 9.47 Å². The van der Waals surface area contributed by atoms with Crippen molar-refractivity contribution in [3.8, 4) is 0 Å². The summed E-state index contributed by atoms with van der Waals surface area (Å²) < 4.78 is 11.0. The number of hydrogen-bond donors (Lipinski definition) is 0. The maximum absolute atomic E-state index is 5.60. The van der Waals surface area contributed by atoms with Gasteiger partial charge in [0.1, 0.15) is 0 Å². The molecule has 0 aliphatic heterocycles. The molecule has 16 heavy (non-hydrogen) atoms. The molecule has 0 N–H and O–H groups in total. The van der Waals surface area contributed by atoms with E-state index in [2.05, 4.69) is 13.0 Å². The van der Waals surface area contributed by atoms with Crippen LogP contribution in [0.15, 0.2) is 11.6 Å². The summed E-state index contributed by atoms with van der Waals surface area (Å²) in [5.74, 6) is -0.325. The lowest BCUT2D eigenvalue weighted by Gasteiger charge is -2.34. The predicted molar refractivity (Wildman–Crippen MR) is 71.7 cm³/mol. The third kappa shape index (κ3) is 6.29. The Hall–Kier alpha value is -0.340. The van der Waals surface area contributed by atoms with Crippen LogP contribution < -0.4 is 0 Å². The zero-order valence-electron chi connectivity index (χ0n) is 12.2. The van der Waals surface area contributed by atoms with Crippen molar-refractivity contribution in [3.63, 3.8) is 0 Å². The molecule has 0 saturated heterocycles. The van der Waals surface area contributed by atoms with Crippen molar-refractivity contribution in [3.05, 3.63) is 11.6 Å². The van der Waals surface area contributed by atoms with Crippen LogP contribution >= 0.6 is 0 Å². The minimum atomic E-state index is -0.325. The van der Waals surface area contributed by atoms with Gasteiger partial charge >= 0.3 is 0 Å². The molecule has 0 spiro atoms. The molecule has 1 aliphatic rings. The second-order valence-corrected chi connectivity index (χ2v) is 3.30. The smallest absolute Gasteiger partial charge is 0.171 e. The van der Waals surface area contributed by atoms with Crippen LogP contribution in [0.25, 0.3) is 0 Å². The van der Waals surface area contributed by atoms with Crippen molar-refractivity contribution in [1.82, 2.24) is 0 Å². The number of methoxy groups -OCH3 is 1. The van der Waals surface area contributed by atoms with E-state index in [9.17, 15) is 0 Å². The number of allylic oxidation sites excluding steroid dienone is 1. The highest BCUT2D eigenvalue weighted by Crippen LogP contribution is 2.31. The second-order valence-electron chi connectivity index (χ2n) is 3.30. The van der Waals surface area contributed by atoms with E-state index in [-0.39, 0.29) is 5.79 Å². The van der Waals surface area contributed by atoms with E-state index in [1.807, 2.05) is 34.6 Å². The predicted octanol–water partition coefficient (Wildman–Crippen LogP) is 4.55. The summed E-state index contributed by atoms with van der Waals surface area (Å²) >= 11 is 0. The van der Waals surface area contributed by atoms with E-state index in [1.54, 1.807) is 7.11 Å². The van der Waals surface area contributed by atoms with Crippen LogP contribution in [0.4, 0.5) is 0 Å². The molecule has 0 saturated carbocycles. The van der Waals surface area contributed by atoms with Crippen LogP contribution in [0.2, 0.25) is 0 Å². The Balaban J connectivity index is 0. The molecule has 98 valence electrons. The quantitative estimate of drug-likeness (QED) is 0.523. The fourth-order valence-corrected chi connectivity index (χ4v) is 1.56. The second kappa shape index (κ2) is 11.2. The van der Waals surface area contributed by atoms with Gasteiger partial charge in [0.05, 0.1) is 0 Å². The van der Waals surface area contributed by atoms with Crippen molar-refractivity contribution >= 4 is 0 Å². The monoisotopic (exact) mass is 230 g/mol. The third-order valence-electron chi connectivity index (χ3n) is 2.44.